The van der Waals surface area contributed by atoms with Gasteiger partial charge in [-0.3, -0.25) is 4.79 Å². The van der Waals surface area contributed by atoms with E-state index >= 15 is 0 Å². The second-order valence-corrected chi connectivity index (χ2v) is 4.50. The Morgan fingerprint density at radius 2 is 2.18 bits per heavy atom. The smallest absolute Gasteiger partial charge is 0.309 e. The topological polar surface area (TPSA) is 57.5 Å². The van der Waals surface area contributed by atoms with Crippen LogP contribution in [-0.2, 0) is 11.2 Å². The monoisotopic (exact) mass is 232 g/mol. The van der Waals surface area contributed by atoms with E-state index in [2.05, 4.69) is 0 Å². The molecule has 1 aromatic rings. The number of rotatable bonds is 3. The molecule has 90 valence electrons. The van der Waals surface area contributed by atoms with Gasteiger partial charge in [0.2, 0.25) is 0 Å². The Balaban J connectivity index is 2.35. The predicted molar refractivity (Wildman–Crippen MR) is 65.5 cm³/mol. The maximum absolute atomic E-state index is 11.2. The van der Waals surface area contributed by atoms with Crippen molar-refractivity contribution in [2.45, 2.75) is 25.4 Å². The molecule has 0 aromatic heterocycles. The number of aliphatic carboxylic acids is 1. The average molecular weight is 232 g/mol. The van der Waals surface area contributed by atoms with E-state index in [0.29, 0.717) is 12.8 Å². The number of carboxylic acids is 1. The minimum absolute atomic E-state index is 0.366. The Morgan fingerprint density at radius 3 is 2.82 bits per heavy atom. The fraction of sp³-hybridized carbons (Fsp3) is 0.357. The molecule has 2 atom stereocenters. The third-order valence-electron chi connectivity index (χ3n) is 3.39. The molecule has 0 saturated carbocycles. The van der Waals surface area contributed by atoms with Crippen LogP contribution in [-0.4, -0.2) is 21.8 Å². The fourth-order valence-corrected chi connectivity index (χ4v) is 2.44. The number of hydrogen-bond donors (Lipinski definition) is 2. The minimum Gasteiger partial charge on any atom is -0.481 e. The number of hydrogen-bond acceptors (Lipinski definition) is 2. The lowest BCUT2D eigenvalue weighted by molar-refractivity contribution is -0.149. The quantitative estimate of drug-likeness (QED) is 0.839. The van der Waals surface area contributed by atoms with Crippen LogP contribution in [0.4, 0.5) is 0 Å². The van der Waals surface area contributed by atoms with Crippen molar-refractivity contribution in [3.05, 3.63) is 41.5 Å². The first-order valence-electron chi connectivity index (χ1n) is 5.79. The fourth-order valence-electron chi connectivity index (χ4n) is 2.44. The Bertz CT molecular complexity index is 464. The molecule has 17 heavy (non-hydrogen) atoms. The number of aliphatic hydroxyl groups is 1. The Morgan fingerprint density at radius 1 is 1.47 bits per heavy atom. The van der Waals surface area contributed by atoms with Crippen LogP contribution in [0.25, 0.3) is 6.08 Å². The third kappa shape index (κ3) is 2.11. The molecule has 3 heteroatoms. The Hall–Kier alpha value is -1.61. The van der Waals surface area contributed by atoms with Crippen LogP contribution < -0.4 is 0 Å². The van der Waals surface area contributed by atoms with Crippen LogP contribution in [0.15, 0.2) is 30.3 Å². The van der Waals surface area contributed by atoms with Crippen molar-refractivity contribution in [2.75, 3.05) is 0 Å². The molecule has 0 saturated heterocycles. The molecule has 2 rings (SSSR count). The summed E-state index contributed by atoms with van der Waals surface area (Å²) >= 11 is 0. The van der Waals surface area contributed by atoms with Crippen LogP contribution in [0.2, 0.25) is 0 Å². The van der Waals surface area contributed by atoms with Crippen LogP contribution in [0.5, 0.6) is 0 Å². The summed E-state index contributed by atoms with van der Waals surface area (Å²) in [5.74, 6) is -1.70. The molecular weight excluding hydrogens is 216 g/mol. The van der Waals surface area contributed by atoms with Crippen LogP contribution >= 0.6 is 0 Å². The second kappa shape index (κ2) is 4.34. The predicted octanol–water partition coefficient (Wildman–Crippen LogP) is 2.10. The summed E-state index contributed by atoms with van der Waals surface area (Å²) in [4.78, 5) is 11.2. The number of benzene rings is 1. The normalized spacial score (nSPS) is 24.1. The zero-order chi connectivity index (χ0) is 12.5. The summed E-state index contributed by atoms with van der Waals surface area (Å²) in [6, 6.07) is 7.73. The molecule has 0 bridgehead atoms. The standard InChI is InChI=1S/C14H16O3/c1-2-12(13(15)16)14(17)8-7-10-5-3-4-6-11(10)9-14/h3-8,12,17H,2,9H2,1H3,(H,15,16). The number of fused-ring (bicyclic) bond motifs is 1. The van der Waals surface area contributed by atoms with Crippen LogP contribution in [0.1, 0.15) is 24.5 Å². The number of carbonyl (C=O) groups is 1. The maximum atomic E-state index is 11.2. The first kappa shape index (κ1) is 11.9. The van der Waals surface area contributed by atoms with Crippen molar-refractivity contribution in [1.82, 2.24) is 0 Å². The summed E-state index contributed by atoms with van der Waals surface area (Å²) in [7, 11) is 0. The molecule has 3 nitrogen and oxygen atoms in total. The molecule has 0 aliphatic heterocycles. The van der Waals surface area contributed by atoms with Gasteiger partial charge in [-0.25, -0.2) is 0 Å². The molecule has 2 unspecified atom stereocenters. The van der Waals surface area contributed by atoms with Gasteiger partial charge in [0.05, 0.1) is 5.92 Å². The van der Waals surface area contributed by atoms with Crippen molar-refractivity contribution in [2.24, 2.45) is 5.92 Å². The van der Waals surface area contributed by atoms with E-state index in [0.717, 1.165) is 11.1 Å². The van der Waals surface area contributed by atoms with Gasteiger partial charge >= 0.3 is 5.97 Å². The molecule has 1 aliphatic carbocycles. The van der Waals surface area contributed by atoms with Crippen molar-refractivity contribution in [3.8, 4) is 0 Å². The largest absolute Gasteiger partial charge is 0.481 e. The van der Waals surface area contributed by atoms with Gasteiger partial charge in [-0.05, 0) is 17.5 Å². The van der Waals surface area contributed by atoms with E-state index in [1.165, 1.54) is 0 Å². The molecule has 0 amide bonds. The SMILES string of the molecule is CCC(C(=O)O)C1(O)C=Cc2ccccc2C1. The van der Waals surface area contributed by atoms with Gasteiger partial charge in [0, 0.05) is 6.42 Å². The van der Waals surface area contributed by atoms with E-state index in [4.69, 9.17) is 5.11 Å². The zero-order valence-corrected chi connectivity index (χ0v) is 9.76. The van der Waals surface area contributed by atoms with E-state index in [1.807, 2.05) is 30.3 Å². The molecule has 0 radical (unpaired) electrons. The van der Waals surface area contributed by atoms with Gasteiger partial charge in [0.25, 0.3) is 0 Å². The summed E-state index contributed by atoms with van der Waals surface area (Å²) in [5.41, 5.74) is 0.782. The molecular formula is C14H16O3. The Labute approximate surface area is 100 Å². The van der Waals surface area contributed by atoms with Crippen molar-refractivity contribution < 1.29 is 15.0 Å². The third-order valence-corrected chi connectivity index (χ3v) is 3.39. The van der Waals surface area contributed by atoms with E-state index in [-0.39, 0.29) is 0 Å². The van der Waals surface area contributed by atoms with E-state index in [1.54, 1.807) is 13.0 Å². The lowest BCUT2D eigenvalue weighted by atomic mass is 9.76. The molecule has 1 aromatic carbocycles. The van der Waals surface area contributed by atoms with Gasteiger partial charge < -0.3 is 10.2 Å². The van der Waals surface area contributed by atoms with Gasteiger partial charge in [-0.1, -0.05) is 43.3 Å². The molecule has 0 fully saturated rings. The van der Waals surface area contributed by atoms with E-state index < -0.39 is 17.5 Å². The van der Waals surface area contributed by atoms with Gasteiger partial charge in [0.15, 0.2) is 0 Å². The molecule has 0 heterocycles. The van der Waals surface area contributed by atoms with Crippen LogP contribution in [0, 0.1) is 5.92 Å². The summed E-state index contributed by atoms with van der Waals surface area (Å²) < 4.78 is 0. The van der Waals surface area contributed by atoms with Crippen LogP contribution in [0.3, 0.4) is 0 Å². The lowest BCUT2D eigenvalue weighted by Gasteiger charge is -2.33. The highest BCUT2D eigenvalue weighted by molar-refractivity contribution is 5.73. The van der Waals surface area contributed by atoms with E-state index in [9.17, 15) is 9.90 Å². The van der Waals surface area contributed by atoms with Crippen molar-refractivity contribution >= 4 is 12.0 Å². The first-order chi connectivity index (χ1) is 8.07. The highest BCUT2D eigenvalue weighted by Crippen LogP contribution is 2.33. The molecule has 1 aliphatic rings. The molecule has 0 spiro atoms. The van der Waals surface area contributed by atoms with Crippen molar-refractivity contribution in [1.29, 1.82) is 0 Å². The Kier molecular flexibility index (Phi) is 3.03. The summed E-state index contributed by atoms with van der Waals surface area (Å²) in [6.07, 6.45) is 4.21. The second-order valence-electron chi connectivity index (χ2n) is 4.50. The zero-order valence-electron chi connectivity index (χ0n) is 9.76. The van der Waals surface area contributed by atoms with Gasteiger partial charge in [0.1, 0.15) is 5.60 Å². The highest BCUT2D eigenvalue weighted by Gasteiger charge is 2.40. The summed E-state index contributed by atoms with van der Waals surface area (Å²) in [6.45, 7) is 1.78. The molecule has 2 N–H and O–H groups in total. The van der Waals surface area contributed by atoms with Crippen molar-refractivity contribution in [3.63, 3.8) is 0 Å². The lowest BCUT2D eigenvalue weighted by Crippen LogP contribution is -2.43. The number of carboxylic acid groups (broad SMARTS) is 1. The minimum atomic E-state index is -1.27. The maximum Gasteiger partial charge on any atom is 0.309 e. The van der Waals surface area contributed by atoms with Gasteiger partial charge in [-0.2, -0.15) is 0 Å². The average Bonchev–Trinajstić information content (AvgIpc) is 2.28. The van der Waals surface area contributed by atoms with Gasteiger partial charge in [-0.15, -0.1) is 0 Å². The first-order valence-corrected chi connectivity index (χ1v) is 5.79. The summed E-state index contributed by atoms with van der Waals surface area (Å²) in [5, 5.41) is 19.6. The highest BCUT2D eigenvalue weighted by atomic mass is 16.4.